The molecule has 0 fully saturated rings. The molecule has 0 radical (unpaired) electrons. The van der Waals surface area contributed by atoms with E-state index in [1.165, 1.54) is 6.92 Å². The lowest BCUT2D eigenvalue weighted by Crippen LogP contribution is -2.60. The third-order valence-electron chi connectivity index (χ3n) is 4.50. The molecule has 0 aromatic heterocycles. The molecule has 0 saturated carbocycles. The number of hydrogen-bond donors (Lipinski definition) is 3. The summed E-state index contributed by atoms with van der Waals surface area (Å²) in [4.78, 5) is 16.0. The zero-order valence-electron chi connectivity index (χ0n) is 15.7. The van der Waals surface area contributed by atoms with Crippen LogP contribution in [0, 0.1) is 0 Å². The first-order chi connectivity index (χ1) is 13.7. The summed E-state index contributed by atoms with van der Waals surface area (Å²) in [5, 5.41) is 12.2. The number of amides is 1. The monoisotopic (exact) mass is 383 g/mol. The molecule has 2 aromatic rings. The van der Waals surface area contributed by atoms with E-state index in [1.807, 2.05) is 60.7 Å². The molecule has 3 rings (SSSR count). The SMILES string of the molecule is CC(=O)N[C@@H]1C(NO)=NC[C@@H](OCc2ccccc2)[C@@H]1OCc1ccccc1. The number of hydroxylamine groups is 1. The van der Waals surface area contributed by atoms with E-state index >= 15 is 0 Å². The molecule has 7 heteroatoms. The van der Waals surface area contributed by atoms with Gasteiger partial charge in [0.2, 0.25) is 5.91 Å². The Morgan fingerprint density at radius 3 is 2.14 bits per heavy atom. The normalized spacial score (nSPS) is 21.6. The smallest absolute Gasteiger partial charge is 0.217 e. The van der Waals surface area contributed by atoms with E-state index in [1.54, 1.807) is 0 Å². The van der Waals surface area contributed by atoms with Gasteiger partial charge in [0.05, 0.1) is 19.8 Å². The van der Waals surface area contributed by atoms with Crippen molar-refractivity contribution >= 4 is 11.7 Å². The second-order valence-corrected chi connectivity index (χ2v) is 6.61. The average molecular weight is 383 g/mol. The Labute approximate surface area is 164 Å². The highest BCUT2D eigenvalue weighted by atomic mass is 16.5. The molecule has 0 spiro atoms. The van der Waals surface area contributed by atoms with E-state index in [4.69, 9.17) is 9.47 Å². The van der Waals surface area contributed by atoms with Crippen molar-refractivity contribution in [2.24, 2.45) is 4.99 Å². The fraction of sp³-hybridized carbons (Fsp3) is 0.333. The highest BCUT2D eigenvalue weighted by molar-refractivity contribution is 5.91. The van der Waals surface area contributed by atoms with Crippen molar-refractivity contribution in [2.45, 2.75) is 38.4 Å². The van der Waals surface area contributed by atoms with E-state index in [2.05, 4.69) is 15.8 Å². The van der Waals surface area contributed by atoms with Gasteiger partial charge < -0.3 is 14.8 Å². The van der Waals surface area contributed by atoms with Crippen LogP contribution in [0.1, 0.15) is 18.1 Å². The number of amidine groups is 1. The third-order valence-corrected chi connectivity index (χ3v) is 4.50. The van der Waals surface area contributed by atoms with Gasteiger partial charge in [-0.05, 0) is 11.1 Å². The maximum Gasteiger partial charge on any atom is 0.217 e. The van der Waals surface area contributed by atoms with E-state index in [0.29, 0.717) is 19.8 Å². The number of hydrogen-bond acceptors (Lipinski definition) is 6. The Morgan fingerprint density at radius 1 is 1.04 bits per heavy atom. The number of ether oxygens (including phenoxy) is 2. The Hall–Kier alpha value is -2.74. The van der Waals surface area contributed by atoms with Gasteiger partial charge >= 0.3 is 0 Å². The van der Waals surface area contributed by atoms with Crippen LogP contribution in [0.5, 0.6) is 0 Å². The van der Waals surface area contributed by atoms with Crippen LogP contribution in [0.3, 0.4) is 0 Å². The fourth-order valence-corrected chi connectivity index (χ4v) is 3.13. The van der Waals surface area contributed by atoms with Gasteiger partial charge in [-0.3, -0.25) is 20.5 Å². The van der Waals surface area contributed by atoms with Crippen molar-refractivity contribution in [3.05, 3.63) is 71.8 Å². The van der Waals surface area contributed by atoms with Crippen LogP contribution in [0.2, 0.25) is 0 Å². The van der Waals surface area contributed by atoms with Crippen molar-refractivity contribution in [3.8, 4) is 0 Å². The van der Waals surface area contributed by atoms with Crippen LogP contribution in [-0.2, 0) is 27.5 Å². The summed E-state index contributed by atoms with van der Waals surface area (Å²) in [7, 11) is 0. The molecule has 1 aliphatic heterocycles. The first-order valence-corrected chi connectivity index (χ1v) is 9.20. The minimum Gasteiger partial charge on any atom is -0.369 e. The predicted molar refractivity (Wildman–Crippen MR) is 105 cm³/mol. The van der Waals surface area contributed by atoms with Crippen molar-refractivity contribution in [2.75, 3.05) is 6.54 Å². The van der Waals surface area contributed by atoms with Crippen molar-refractivity contribution < 1.29 is 19.5 Å². The van der Waals surface area contributed by atoms with Crippen molar-refractivity contribution in [1.29, 1.82) is 0 Å². The lowest BCUT2D eigenvalue weighted by atomic mass is 10.00. The quantitative estimate of drug-likeness (QED) is 0.637. The van der Waals surface area contributed by atoms with Gasteiger partial charge in [-0.1, -0.05) is 60.7 Å². The van der Waals surface area contributed by atoms with E-state index < -0.39 is 12.1 Å². The zero-order valence-corrected chi connectivity index (χ0v) is 15.7. The Morgan fingerprint density at radius 2 is 1.61 bits per heavy atom. The number of carbonyl (C=O) groups is 1. The van der Waals surface area contributed by atoms with Gasteiger partial charge in [0, 0.05) is 6.92 Å². The van der Waals surface area contributed by atoms with Crippen LogP contribution in [-0.4, -0.2) is 41.7 Å². The summed E-state index contributed by atoms with van der Waals surface area (Å²) in [6.07, 6.45) is -0.891. The molecule has 0 aliphatic carbocycles. The van der Waals surface area contributed by atoms with Crippen LogP contribution in [0.25, 0.3) is 0 Å². The Bertz CT molecular complexity index is 783. The zero-order chi connectivity index (χ0) is 19.8. The standard InChI is InChI=1S/C21H25N3O4/c1-15(25)23-19-20(28-14-17-10-6-3-7-11-17)18(12-22-21(19)24-26)27-13-16-8-4-2-5-9-16/h2-11,18-20,26H,12-14H2,1H3,(H,22,24)(H,23,25)/t18-,19+,20+/m1/s1. The molecule has 0 unspecified atom stereocenters. The molecular weight excluding hydrogens is 358 g/mol. The summed E-state index contributed by atoms with van der Waals surface area (Å²) in [5.74, 6) is 0.0118. The number of nitrogens with zero attached hydrogens (tertiary/aromatic N) is 1. The molecule has 148 valence electrons. The molecule has 0 bridgehead atoms. The average Bonchev–Trinajstić information content (AvgIpc) is 2.72. The predicted octanol–water partition coefficient (Wildman–Crippen LogP) is 2.05. The maximum absolute atomic E-state index is 11.7. The third kappa shape index (κ3) is 5.39. The van der Waals surface area contributed by atoms with Gasteiger partial charge in [-0.15, -0.1) is 0 Å². The van der Waals surface area contributed by atoms with Crippen LogP contribution in [0.15, 0.2) is 65.7 Å². The second-order valence-electron chi connectivity index (χ2n) is 6.61. The van der Waals surface area contributed by atoms with E-state index in [-0.39, 0.29) is 17.8 Å². The minimum atomic E-state index is -0.638. The number of carbonyl (C=O) groups excluding carboxylic acids is 1. The molecule has 3 N–H and O–H groups in total. The highest BCUT2D eigenvalue weighted by Crippen LogP contribution is 2.19. The van der Waals surface area contributed by atoms with Crippen LogP contribution < -0.4 is 10.8 Å². The molecule has 1 amide bonds. The molecule has 0 saturated heterocycles. The molecule has 1 heterocycles. The van der Waals surface area contributed by atoms with Gasteiger partial charge in [-0.25, -0.2) is 0 Å². The molecule has 1 aliphatic rings. The lowest BCUT2D eigenvalue weighted by Gasteiger charge is -2.36. The summed E-state index contributed by atoms with van der Waals surface area (Å²) in [5.41, 5.74) is 4.13. The maximum atomic E-state index is 11.7. The Kier molecular flexibility index (Phi) is 7.13. The van der Waals surface area contributed by atoms with Gasteiger partial charge in [0.1, 0.15) is 24.1 Å². The van der Waals surface area contributed by atoms with E-state index in [9.17, 15) is 10.0 Å². The number of benzene rings is 2. The molecule has 7 nitrogen and oxygen atoms in total. The highest BCUT2D eigenvalue weighted by Gasteiger charge is 2.39. The Balaban J connectivity index is 1.76. The molecular formula is C21H25N3O4. The topological polar surface area (TPSA) is 92.2 Å². The summed E-state index contributed by atoms with van der Waals surface area (Å²) < 4.78 is 12.2. The lowest BCUT2D eigenvalue weighted by molar-refractivity contribution is -0.123. The van der Waals surface area contributed by atoms with Crippen LogP contribution >= 0.6 is 0 Å². The summed E-state index contributed by atoms with van der Waals surface area (Å²) >= 11 is 0. The largest absolute Gasteiger partial charge is 0.369 e. The summed E-state index contributed by atoms with van der Waals surface area (Å²) in [6, 6.07) is 18.9. The molecule has 3 atom stereocenters. The first-order valence-electron chi connectivity index (χ1n) is 9.20. The van der Waals surface area contributed by atoms with Crippen molar-refractivity contribution in [3.63, 3.8) is 0 Å². The van der Waals surface area contributed by atoms with Gasteiger partial charge in [0.15, 0.2) is 0 Å². The summed E-state index contributed by atoms with van der Waals surface area (Å²) in [6.45, 7) is 2.48. The van der Waals surface area contributed by atoms with Crippen LogP contribution in [0.4, 0.5) is 0 Å². The molecule has 28 heavy (non-hydrogen) atoms. The molecule has 2 aromatic carbocycles. The van der Waals surface area contributed by atoms with Gasteiger partial charge in [-0.2, -0.15) is 0 Å². The van der Waals surface area contributed by atoms with E-state index in [0.717, 1.165) is 11.1 Å². The fourth-order valence-electron chi connectivity index (χ4n) is 3.13. The number of rotatable bonds is 7. The number of aliphatic imine (C=N–C) groups is 1. The minimum absolute atomic E-state index is 0.245. The number of nitrogens with one attached hydrogen (secondary N) is 2. The first kappa shape index (κ1) is 20.0. The second kappa shape index (κ2) is 9.98. The van der Waals surface area contributed by atoms with Gasteiger partial charge in [0.25, 0.3) is 0 Å². The van der Waals surface area contributed by atoms with Crippen molar-refractivity contribution in [1.82, 2.24) is 10.8 Å².